The zero-order valence-electron chi connectivity index (χ0n) is 14.8. The zero-order chi connectivity index (χ0) is 19.3. The summed E-state index contributed by atoms with van der Waals surface area (Å²) >= 11 is 3.40. The van der Waals surface area contributed by atoms with Crippen LogP contribution >= 0.6 is 15.9 Å². The summed E-state index contributed by atoms with van der Waals surface area (Å²) in [4.78, 5) is 47.5. The molecule has 0 spiro atoms. The largest absolute Gasteiger partial charge is 0.333 e. The van der Waals surface area contributed by atoms with Gasteiger partial charge in [0.1, 0.15) is 5.69 Å². The van der Waals surface area contributed by atoms with E-state index in [-0.39, 0.29) is 11.6 Å². The molecule has 0 radical (unpaired) electrons. The number of aromatic nitrogens is 4. The molecule has 9 heteroatoms. The van der Waals surface area contributed by atoms with E-state index in [1.165, 1.54) is 24.7 Å². The molecule has 4 heterocycles. The number of halogens is 1. The molecule has 1 amide bonds. The lowest BCUT2D eigenvalue weighted by molar-refractivity contribution is 0.0721. The maximum atomic E-state index is 12.9. The normalized spacial score (nSPS) is 13.7. The number of hydrogen-bond donors (Lipinski definition) is 0. The molecule has 0 unspecified atom stereocenters. The van der Waals surface area contributed by atoms with E-state index in [1.807, 2.05) is 12.1 Å². The van der Waals surface area contributed by atoms with Crippen LogP contribution in [0, 0.1) is 0 Å². The second-order valence-corrected chi connectivity index (χ2v) is 7.46. The van der Waals surface area contributed by atoms with Crippen LogP contribution in [0.5, 0.6) is 0 Å². The summed E-state index contributed by atoms with van der Waals surface area (Å²) in [6.07, 6.45) is 2.30. The fraction of sp³-hybridized carbons (Fsp3) is 0.278. The van der Waals surface area contributed by atoms with Crippen LogP contribution in [0.15, 0.2) is 38.5 Å². The second-order valence-electron chi connectivity index (χ2n) is 6.54. The van der Waals surface area contributed by atoms with Crippen molar-refractivity contribution in [3.8, 4) is 0 Å². The van der Waals surface area contributed by atoms with Crippen molar-refractivity contribution in [3.05, 3.63) is 66.7 Å². The molecule has 138 valence electrons. The highest BCUT2D eigenvalue weighted by Gasteiger charge is 2.25. The van der Waals surface area contributed by atoms with Gasteiger partial charge in [-0.25, -0.2) is 14.8 Å². The van der Waals surface area contributed by atoms with E-state index in [1.54, 1.807) is 11.1 Å². The van der Waals surface area contributed by atoms with Gasteiger partial charge in [-0.05, 0) is 33.6 Å². The number of carbonyl (C=O) groups excluding carboxylic acids is 1. The van der Waals surface area contributed by atoms with Crippen molar-refractivity contribution in [2.75, 3.05) is 6.54 Å². The Morgan fingerprint density at radius 3 is 2.70 bits per heavy atom. The number of rotatable bonds is 1. The Bertz CT molecular complexity index is 1210. The highest BCUT2D eigenvalue weighted by molar-refractivity contribution is 9.10. The Balaban J connectivity index is 1.71. The maximum absolute atomic E-state index is 12.9. The lowest BCUT2D eigenvalue weighted by Gasteiger charge is -2.29. The van der Waals surface area contributed by atoms with Crippen molar-refractivity contribution < 1.29 is 4.79 Å². The Kier molecular flexibility index (Phi) is 4.18. The molecule has 0 N–H and O–H groups in total. The molecule has 0 bridgehead atoms. The summed E-state index contributed by atoms with van der Waals surface area (Å²) in [5.41, 5.74) is 1.60. The molecule has 3 aromatic heterocycles. The lowest BCUT2D eigenvalue weighted by atomic mass is 10.0. The van der Waals surface area contributed by atoms with E-state index in [4.69, 9.17) is 0 Å². The standard InChI is InChI=1S/C18H16BrN5O3/c1-22-14(7-15(25)23(2)18(22)27)17(26)24-4-3-13-11(9-24)5-10-6-12(19)8-20-16(10)21-13/h5-8H,3-4,9H2,1-2H3. The Morgan fingerprint density at radius 1 is 1.15 bits per heavy atom. The molecule has 0 aliphatic carbocycles. The van der Waals surface area contributed by atoms with Crippen molar-refractivity contribution in [1.29, 1.82) is 0 Å². The Hall–Kier alpha value is -2.81. The quantitative estimate of drug-likeness (QED) is 0.575. The fourth-order valence-corrected chi connectivity index (χ4v) is 3.62. The van der Waals surface area contributed by atoms with Gasteiger partial charge in [-0.1, -0.05) is 0 Å². The smallest absolute Gasteiger partial charge is 0.331 e. The average Bonchev–Trinajstić information content (AvgIpc) is 2.66. The van der Waals surface area contributed by atoms with Gasteiger partial charge in [-0.2, -0.15) is 0 Å². The summed E-state index contributed by atoms with van der Waals surface area (Å²) in [6.45, 7) is 0.831. The van der Waals surface area contributed by atoms with E-state index in [2.05, 4.69) is 25.9 Å². The van der Waals surface area contributed by atoms with Crippen molar-refractivity contribution >= 4 is 32.9 Å². The number of carbonyl (C=O) groups is 1. The lowest BCUT2D eigenvalue weighted by Crippen LogP contribution is -2.43. The molecule has 0 saturated carbocycles. The fourth-order valence-electron chi connectivity index (χ4n) is 3.27. The summed E-state index contributed by atoms with van der Waals surface area (Å²) < 4.78 is 3.04. The van der Waals surface area contributed by atoms with Crippen LogP contribution in [0.25, 0.3) is 11.0 Å². The van der Waals surface area contributed by atoms with Crippen molar-refractivity contribution in [2.45, 2.75) is 13.0 Å². The van der Waals surface area contributed by atoms with Crippen molar-refractivity contribution in [1.82, 2.24) is 24.0 Å². The molecule has 0 aromatic carbocycles. The van der Waals surface area contributed by atoms with Crippen LogP contribution in [0.2, 0.25) is 0 Å². The van der Waals surface area contributed by atoms with Gasteiger partial charge in [0.15, 0.2) is 5.65 Å². The molecule has 0 saturated heterocycles. The number of nitrogens with zero attached hydrogens (tertiary/aromatic N) is 5. The molecule has 1 aliphatic rings. The van der Waals surface area contributed by atoms with Crippen LogP contribution < -0.4 is 11.2 Å². The number of hydrogen-bond acceptors (Lipinski definition) is 5. The third-order valence-electron chi connectivity index (χ3n) is 4.82. The van der Waals surface area contributed by atoms with Gasteiger partial charge >= 0.3 is 5.69 Å². The highest BCUT2D eigenvalue weighted by Crippen LogP contribution is 2.24. The van der Waals surface area contributed by atoms with Gasteiger partial charge in [-0.15, -0.1) is 0 Å². The van der Waals surface area contributed by atoms with Gasteiger partial charge in [-0.3, -0.25) is 18.7 Å². The minimum Gasteiger partial charge on any atom is -0.333 e. The molecular formula is C18H16BrN5O3. The highest BCUT2D eigenvalue weighted by atomic mass is 79.9. The third kappa shape index (κ3) is 2.97. The minimum atomic E-state index is -0.521. The van der Waals surface area contributed by atoms with Crippen molar-refractivity contribution in [2.24, 2.45) is 14.1 Å². The van der Waals surface area contributed by atoms with Crippen LogP contribution in [0.4, 0.5) is 0 Å². The van der Waals surface area contributed by atoms with Crippen molar-refractivity contribution in [3.63, 3.8) is 0 Å². The summed E-state index contributed by atoms with van der Waals surface area (Å²) in [5, 5.41) is 0.887. The molecule has 0 atom stereocenters. The van der Waals surface area contributed by atoms with E-state index in [0.29, 0.717) is 25.2 Å². The van der Waals surface area contributed by atoms with Crippen LogP contribution in [0.1, 0.15) is 21.7 Å². The van der Waals surface area contributed by atoms with E-state index in [9.17, 15) is 14.4 Å². The van der Waals surface area contributed by atoms with E-state index in [0.717, 1.165) is 25.7 Å². The summed E-state index contributed by atoms with van der Waals surface area (Å²) in [5.74, 6) is -0.342. The molecule has 1 aliphatic heterocycles. The molecule has 0 fully saturated rings. The van der Waals surface area contributed by atoms with Gasteiger partial charge in [0, 0.05) is 61.4 Å². The monoisotopic (exact) mass is 429 g/mol. The first-order chi connectivity index (χ1) is 12.8. The van der Waals surface area contributed by atoms with E-state index >= 15 is 0 Å². The number of pyridine rings is 2. The first-order valence-corrected chi connectivity index (χ1v) is 9.15. The first kappa shape index (κ1) is 17.6. The summed E-state index contributed by atoms with van der Waals surface area (Å²) in [7, 11) is 2.88. The summed E-state index contributed by atoms with van der Waals surface area (Å²) in [6, 6.07) is 5.12. The Labute approximate surface area is 162 Å². The van der Waals surface area contributed by atoms with E-state index < -0.39 is 11.2 Å². The van der Waals surface area contributed by atoms with Gasteiger partial charge < -0.3 is 4.90 Å². The zero-order valence-corrected chi connectivity index (χ0v) is 16.4. The van der Waals surface area contributed by atoms with Crippen LogP contribution in [-0.2, 0) is 27.1 Å². The predicted octanol–water partition coefficient (Wildman–Crippen LogP) is 0.988. The van der Waals surface area contributed by atoms with Gasteiger partial charge in [0.25, 0.3) is 11.5 Å². The topological polar surface area (TPSA) is 90.1 Å². The molecular weight excluding hydrogens is 414 g/mol. The predicted molar refractivity (Wildman–Crippen MR) is 103 cm³/mol. The molecule has 27 heavy (non-hydrogen) atoms. The average molecular weight is 430 g/mol. The second kappa shape index (κ2) is 6.41. The number of amides is 1. The number of fused-ring (bicyclic) bond motifs is 2. The maximum Gasteiger partial charge on any atom is 0.331 e. The SMILES string of the molecule is Cn1c(C(=O)N2CCc3nc4ncc(Br)cc4cc3C2)cc(=O)n(C)c1=O. The van der Waals surface area contributed by atoms with Crippen LogP contribution in [-0.4, -0.2) is 36.5 Å². The molecule has 3 aromatic rings. The van der Waals surface area contributed by atoms with Gasteiger partial charge in [0.05, 0.1) is 0 Å². The molecule has 4 rings (SSSR count). The van der Waals surface area contributed by atoms with Gasteiger partial charge in [0.2, 0.25) is 0 Å². The first-order valence-electron chi connectivity index (χ1n) is 8.35. The minimum absolute atomic E-state index is 0.0877. The third-order valence-corrected chi connectivity index (χ3v) is 5.25. The van der Waals surface area contributed by atoms with Crippen LogP contribution in [0.3, 0.4) is 0 Å². The Morgan fingerprint density at radius 2 is 1.93 bits per heavy atom. The molecule has 8 nitrogen and oxygen atoms in total.